The molecule has 10 heavy (non-hydrogen) atoms. The van der Waals surface area contributed by atoms with Gasteiger partial charge in [0.15, 0.2) is 5.17 Å². The minimum absolute atomic E-state index is 0.134. The lowest BCUT2D eigenvalue weighted by atomic mass is 10.5. The van der Waals surface area contributed by atoms with Crippen LogP contribution in [0.1, 0.15) is 0 Å². The summed E-state index contributed by atoms with van der Waals surface area (Å²) in [5, 5.41) is 12.6. The Bertz CT molecular complexity index is 202. The molecule has 0 aromatic carbocycles. The van der Waals surface area contributed by atoms with Gasteiger partial charge in [0.2, 0.25) is 5.88 Å². The highest BCUT2D eigenvalue weighted by Gasteiger charge is 2.10. The molecular formula is C5H6ClN2OS. The van der Waals surface area contributed by atoms with Gasteiger partial charge in [-0.25, -0.2) is 0 Å². The second-order valence-electron chi connectivity index (χ2n) is 1.58. The van der Waals surface area contributed by atoms with Crippen LogP contribution in [0.25, 0.3) is 0 Å². The summed E-state index contributed by atoms with van der Waals surface area (Å²) in [7, 11) is 0. The molecule has 0 saturated carbocycles. The molecule has 1 radical (unpaired) electrons. The fourth-order valence-corrected chi connectivity index (χ4v) is 0.927. The van der Waals surface area contributed by atoms with Crippen molar-refractivity contribution >= 4 is 28.5 Å². The quantitative estimate of drug-likeness (QED) is 0.589. The van der Waals surface area contributed by atoms with Crippen LogP contribution in [0.4, 0.5) is 0 Å². The summed E-state index contributed by atoms with van der Waals surface area (Å²) in [4.78, 5) is 3.72. The van der Waals surface area contributed by atoms with Gasteiger partial charge in [-0.2, -0.15) is 4.99 Å². The first kappa shape index (κ1) is 7.75. The van der Waals surface area contributed by atoms with E-state index in [-0.39, 0.29) is 10.9 Å². The van der Waals surface area contributed by atoms with Crippen LogP contribution in [0, 0.1) is 6.54 Å². The number of aliphatic hydroxyl groups is 1. The average molecular weight is 178 g/mol. The molecule has 55 valence electrons. The fraction of sp³-hybridized carbons (Fsp3) is 0.200. The van der Waals surface area contributed by atoms with Crippen molar-refractivity contribution in [2.45, 2.75) is 0 Å². The van der Waals surface area contributed by atoms with Crippen LogP contribution in [0.5, 0.6) is 0 Å². The molecule has 1 heterocycles. The molecule has 0 fully saturated rings. The number of halogens is 1. The van der Waals surface area contributed by atoms with Gasteiger partial charge in [0.25, 0.3) is 0 Å². The number of aliphatic hydroxyl groups excluding tert-OH is 1. The van der Waals surface area contributed by atoms with E-state index in [2.05, 4.69) is 10.3 Å². The van der Waals surface area contributed by atoms with Gasteiger partial charge in [-0.3, -0.25) is 0 Å². The highest BCUT2D eigenvalue weighted by molar-refractivity contribution is 8.13. The van der Waals surface area contributed by atoms with Crippen molar-refractivity contribution in [1.82, 2.24) is 5.32 Å². The smallest absolute Gasteiger partial charge is 0.230 e. The number of rotatable bonds is 0. The first-order valence-electron chi connectivity index (χ1n) is 2.55. The molecule has 0 unspecified atom stereocenters. The highest BCUT2D eigenvalue weighted by atomic mass is 35.5. The third kappa shape index (κ3) is 1.58. The lowest BCUT2D eigenvalue weighted by molar-refractivity contribution is 0.402. The maximum Gasteiger partial charge on any atom is 0.230 e. The Balaban J connectivity index is 2.76. The standard InChI is InChI=1S/C5H6ClN2OS/c1-10-5-7-2-3(6)4(9)8-5/h2,9H,1H3,(H,7,8). The van der Waals surface area contributed by atoms with E-state index in [4.69, 9.17) is 16.7 Å². The summed E-state index contributed by atoms with van der Waals surface area (Å²) >= 11 is 6.89. The molecule has 0 spiro atoms. The third-order valence-electron chi connectivity index (χ3n) is 0.937. The Morgan fingerprint density at radius 3 is 3.00 bits per heavy atom. The first-order valence-corrected chi connectivity index (χ1v) is 4.15. The van der Waals surface area contributed by atoms with E-state index >= 15 is 0 Å². The summed E-state index contributed by atoms with van der Waals surface area (Å²) in [6.07, 6.45) is 1.85. The molecule has 1 aliphatic rings. The molecule has 0 atom stereocenters. The van der Waals surface area contributed by atoms with Crippen LogP contribution in [0.3, 0.4) is 0 Å². The fourth-order valence-electron chi connectivity index (χ4n) is 0.476. The molecule has 0 aliphatic carbocycles. The zero-order valence-electron chi connectivity index (χ0n) is 5.26. The summed E-state index contributed by atoms with van der Waals surface area (Å²) in [5.74, 6) is -0.134. The lowest BCUT2D eigenvalue weighted by Gasteiger charge is -2.10. The van der Waals surface area contributed by atoms with E-state index in [0.29, 0.717) is 5.17 Å². The van der Waals surface area contributed by atoms with Crippen molar-refractivity contribution in [3.63, 3.8) is 0 Å². The third-order valence-corrected chi connectivity index (χ3v) is 1.81. The Morgan fingerprint density at radius 2 is 2.50 bits per heavy atom. The van der Waals surface area contributed by atoms with E-state index in [9.17, 15) is 0 Å². The first-order chi connectivity index (χ1) is 4.74. The van der Waals surface area contributed by atoms with Gasteiger partial charge < -0.3 is 10.4 Å². The minimum Gasteiger partial charge on any atom is -0.492 e. The second kappa shape index (κ2) is 3.16. The van der Waals surface area contributed by atoms with Crippen LogP contribution >= 0.6 is 23.4 Å². The Kier molecular flexibility index (Phi) is 2.45. The molecule has 2 N–H and O–H groups in total. The number of aliphatic imine (C=N–C) groups is 1. The summed E-state index contributed by atoms with van der Waals surface area (Å²) in [6.45, 7) is 1.50. The zero-order valence-corrected chi connectivity index (χ0v) is 6.83. The number of hydrogen-bond donors (Lipinski definition) is 2. The van der Waals surface area contributed by atoms with Crippen LogP contribution in [0.2, 0.25) is 0 Å². The van der Waals surface area contributed by atoms with E-state index in [0.717, 1.165) is 0 Å². The van der Waals surface area contributed by atoms with Crippen LogP contribution in [-0.2, 0) is 0 Å². The van der Waals surface area contributed by atoms with Gasteiger partial charge >= 0.3 is 0 Å². The van der Waals surface area contributed by atoms with Gasteiger partial charge in [0.05, 0.1) is 6.54 Å². The Hall–Kier alpha value is -0.350. The molecular weight excluding hydrogens is 172 g/mol. The predicted molar refractivity (Wildman–Crippen MR) is 43.9 cm³/mol. The second-order valence-corrected chi connectivity index (χ2v) is 2.78. The Morgan fingerprint density at radius 1 is 1.80 bits per heavy atom. The molecule has 0 aromatic rings. The number of thioether (sulfide) groups is 1. The van der Waals surface area contributed by atoms with Gasteiger partial charge in [-0.15, -0.1) is 0 Å². The number of hydrogen-bond acceptors (Lipinski definition) is 4. The maximum absolute atomic E-state index is 8.95. The predicted octanol–water partition coefficient (Wildman–Crippen LogP) is 1.44. The van der Waals surface area contributed by atoms with E-state index < -0.39 is 0 Å². The van der Waals surface area contributed by atoms with E-state index in [1.807, 2.05) is 6.26 Å². The summed E-state index contributed by atoms with van der Waals surface area (Å²) < 4.78 is 0. The van der Waals surface area contributed by atoms with Gasteiger partial charge in [0.1, 0.15) is 5.03 Å². The SMILES string of the molecule is CSC1=NC(O)=C(Cl)[CH]N1. The van der Waals surface area contributed by atoms with Crippen molar-refractivity contribution in [2.24, 2.45) is 4.99 Å². The molecule has 0 aromatic heterocycles. The highest BCUT2D eigenvalue weighted by Crippen LogP contribution is 2.16. The molecule has 0 amide bonds. The van der Waals surface area contributed by atoms with Gasteiger partial charge in [-0.05, 0) is 6.26 Å². The maximum atomic E-state index is 8.95. The van der Waals surface area contributed by atoms with Crippen LogP contribution in [-0.4, -0.2) is 16.5 Å². The van der Waals surface area contributed by atoms with Crippen molar-refractivity contribution in [3.05, 3.63) is 17.5 Å². The molecule has 0 saturated heterocycles. The average Bonchev–Trinajstić information content (AvgIpc) is 1.95. The number of nitrogens with zero attached hydrogens (tertiary/aromatic N) is 1. The summed E-state index contributed by atoms with van der Waals surface area (Å²) in [6, 6.07) is 0. The monoisotopic (exact) mass is 177 g/mol. The number of nitrogens with one attached hydrogen (secondary N) is 1. The van der Waals surface area contributed by atoms with Crippen molar-refractivity contribution in [1.29, 1.82) is 0 Å². The summed E-state index contributed by atoms with van der Waals surface area (Å²) in [5.41, 5.74) is 0. The lowest BCUT2D eigenvalue weighted by Crippen LogP contribution is -2.21. The molecule has 1 rings (SSSR count). The van der Waals surface area contributed by atoms with Gasteiger partial charge in [-0.1, -0.05) is 23.4 Å². The molecule has 5 heteroatoms. The molecule has 0 bridgehead atoms. The Labute approximate surface area is 68.2 Å². The van der Waals surface area contributed by atoms with Crippen molar-refractivity contribution < 1.29 is 5.11 Å². The number of amidine groups is 1. The van der Waals surface area contributed by atoms with Crippen LogP contribution < -0.4 is 5.32 Å². The van der Waals surface area contributed by atoms with Crippen molar-refractivity contribution in [2.75, 3.05) is 6.26 Å². The topological polar surface area (TPSA) is 44.6 Å². The molecule has 3 nitrogen and oxygen atoms in total. The normalized spacial score (nSPS) is 18.4. The van der Waals surface area contributed by atoms with Crippen molar-refractivity contribution in [3.8, 4) is 0 Å². The van der Waals surface area contributed by atoms with E-state index in [1.54, 1.807) is 0 Å². The zero-order chi connectivity index (χ0) is 7.56. The molecule has 1 aliphatic heterocycles. The largest absolute Gasteiger partial charge is 0.492 e. The van der Waals surface area contributed by atoms with Crippen LogP contribution in [0.15, 0.2) is 15.9 Å². The van der Waals surface area contributed by atoms with Gasteiger partial charge in [0, 0.05) is 0 Å². The minimum atomic E-state index is -0.134. The van der Waals surface area contributed by atoms with E-state index in [1.165, 1.54) is 18.3 Å².